The first-order valence-corrected chi connectivity index (χ1v) is 9.11. The number of ether oxygens (including phenoxy) is 1. The van der Waals surface area contributed by atoms with Gasteiger partial charge in [-0.15, -0.1) is 11.8 Å². The number of hydrogen-bond acceptors (Lipinski definition) is 3. The lowest BCUT2D eigenvalue weighted by molar-refractivity contribution is 0.0858. The number of urea groups is 1. The van der Waals surface area contributed by atoms with Gasteiger partial charge in [0.05, 0.1) is 18.2 Å². The van der Waals surface area contributed by atoms with Gasteiger partial charge in [0.1, 0.15) is 0 Å². The van der Waals surface area contributed by atoms with E-state index in [1.165, 1.54) is 4.90 Å². The Labute approximate surface area is 140 Å². The molecule has 0 spiro atoms. The predicted octanol–water partition coefficient (Wildman–Crippen LogP) is 3.74. The molecule has 1 fully saturated rings. The number of fused-ring (bicyclic) bond motifs is 1. The molecule has 1 aromatic rings. The maximum absolute atomic E-state index is 12.3. The molecule has 22 heavy (non-hydrogen) atoms. The van der Waals surface area contributed by atoms with E-state index in [1.807, 2.05) is 36.9 Å². The molecule has 120 valence electrons. The van der Waals surface area contributed by atoms with Crippen LogP contribution in [0.3, 0.4) is 0 Å². The third-order valence-electron chi connectivity index (χ3n) is 4.20. The van der Waals surface area contributed by atoms with Crippen LogP contribution in [0.5, 0.6) is 0 Å². The molecule has 0 saturated carbocycles. The van der Waals surface area contributed by atoms with E-state index in [4.69, 9.17) is 16.3 Å². The number of thioether (sulfide) groups is 1. The van der Waals surface area contributed by atoms with Crippen LogP contribution in [0, 0.1) is 0 Å². The van der Waals surface area contributed by atoms with E-state index in [0.717, 1.165) is 37.2 Å². The summed E-state index contributed by atoms with van der Waals surface area (Å²) in [5.74, 6) is 1.00. The first kappa shape index (κ1) is 16.0. The highest BCUT2D eigenvalue weighted by Gasteiger charge is 2.26. The molecule has 0 bridgehead atoms. The Kier molecular flexibility index (Phi) is 5.16. The summed E-state index contributed by atoms with van der Waals surface area (Å²) in [5.41, 5.74) is 1.11. The molecule has 2 amide bonds. The van der Waals surface area contributed by atoms with Crippen LogP contribution in [-0.4, -0.2) is 30.5 Å². The molecular formula is C16H21ClN2O2S. The molecule has 0 aliphatic carbocycles. The Morgan fingerprint density at radius 1 is 1.45 bits per heavy atom. The molecule has 0 aromatic heterocycles. The van der Waals surface area contributed by atoms with Crippen LogP contribution in [0.1, 0.15) is 37.8 Å². The number of benzene rings is 1. The normalized spacial score (nSPS) is 25.4. The first-order valence-electron chi connectivity index (χ1n) is 7.74. The quantitative estimate of drug-likeness (QED) is 0.881. The second-order valence-corrected chi connectivity index (χ2v) is 7.40. The summed E-state index contributed by atoms with van der Waals surface area (Å²) in [7, 11) is 0. The largest absolute Gasteiger partial charge is 0.376 e. The van der Waals surface area contributed by atoms with Crippen molar-refractivity contribution in [2.45, 2.75) is 49.3 Å². The van der Waals surface area contributed by atoms with Crippen molar-refractivity contribution < 1.29 is 9.53 Å². The predicted molar refractivity (Wildman–Crippen MR) is 89.6 cm³/mol. The lowest BCUT2D eigenvalue weighted by Gasteiger charge is -2.27. The highest BCUT2D eigenvalue weighted by molar-refractivity contribution is 7.99. The molecule has 4 nitrogen and oxygen atoms in total. The van der Waals surface area contributed by atoms with Crippen molar-refractivity contribution in [3.8, 4) is 0 Å². The van der Waals surface area contributed by atoms with Crippen molar-refractivity contribution in [1.82, 2.24) is 10.6 Å². The van der Waals surface area contributed by atoms with Gasteiger partial charge >= 0.3 is 6.03 Å². The summed E-state index contributed by atoms with van der Waals surface area (Å²) in [4.78, 5) is 13.5. The van der Waals surface area contributed by atoms with Gasteiger partial charge in [0.2, 0.25) is 0 Å². The van der Waals surface area contributed by atoms with Crippen LogP contribution in [0.2, 0.25) is 5.02 Å². The number of amides is 2. The van der Waals surface area contributed by atoms with Gasteiger partial charge in [-0.3, -0.25) is 0 Å². The fourth-order valence-electron chi connectivity index (χ4n) is 3.01. The van der Waals surface area contributed by atoms with E-state index < -0.39 is 0 Å². The maximum Gasteiger partial charge on any atom is 0.315 e. The second-order valence-electron chi connectivity index (χ2n) is 5.83. The fraction of sp³-hybridized carbons (Fsp3) is 0.562. The van der Waals surface area contributed by atoms with E-state index in [9.17, 15) is 4.79 Å². The van der Waals surface area contributed by atoms with Crippen molar-refractivity contribution in [3.63, 3.8) is 0 Å². The number of halogens is 1. The van der Waals surface area contributed by atoms with Crippen molar-refractivity contribution in [2.75, 3.05) is 12.4 Å². The Morgan fingerprint density at radius 2 is 2.32 bits per heavy atom. The number of nitrogens with one attached hydrogen (secondary N) is 2. The smallest absolute Gasteiger partial charge is 0.315 e. The average molecular weight is 341 g/mol. The van der Waals surface area contributed by atoms with E-state index in [1.54, 1.807) is 0 Å². The van der Waals surface area contributed by atoms with Gasteiger partial charge in [0, 0.05) is 22.3 Å². The highest BCUT2D eigenvalue weighted by Crippen LogP contribution is 2.37. The van der Waals surface area contributed by atoms with Crippen LogP contribution >= 0.6 is 23.4 Å². The number of carbonyl (C=O) groups excluding carboxylic acids is 1. The first-order chi connectivity index (χ1) is 10.6. The zero-order chi connectivity index (χ0) is 15.5. The SMILES string of the molecule is CC(NC(=O)NC1CCSc2ccc(Cl)cc21)C1CCCO1. The highest BCUT2D eigenvalue weighted by atomic mass is 35.5. The van der Waals surface area contributed by atoms with Crippen molar-refractivity contribution >= 4 is 29.4 Å². The Bertz CT molecular complexity index is 549. The molecule has 3 rings (SSSR count). The Hall–Kier alpha value is -0.910. The minimum atomic E-state index is -0.133. The molecule has 1 aromatic carbocycles. The summed E-state index contributed by atoms with van der Waals surface area (Å²) >= 11 is 7.91. The molecule has 6 heteroatoms. The van der Waals surface area contributed by atoms with Gasteiger partial charge < -0.3 is 15.4 Å². The van der Waals surface area contributed by atoms with E-state index >= 15 is 0 Å². The van der Waals surface area contributed by atoms with Crippen LogP contribution in [0.15, 0.2) is 23.1 Å². The summed E-state index contributed by atoms with van der Waals surface area (Å²) in [6.07, 6.45) is 3.14. The molecule has 2 N–H and O–H groups in total. The number of carbonyl (C=O) groups is 1. The van der Waals surface area contributed by atoms with Crippen molar-refractivity contribution in [1.29, 1.82) is 0 Å². The average Bonchev–Trinajstić information content (AvgIpc) is 3.02. The number of hydrogen-bond donors (Lipinski definition) is 2. The molecule has 2 aliphatic heterocycles. The molecule has 0 radical (unpaired) electrons. The van der Waals surface area contributed by atoms with Crippen LogP contribution in [0.4, 0.5) is 4.79 Å². The van der Waals surface area contributed by atoms with E-state index in [0.29, 0.717) is 5.02 Å². The topological polar surface area (TPSA) is 50.4 Å². The van der Waals surface area contributed by atoms with E-state index in [2.05, 4.69) is 10.6 Å². The van der Waals surface area contributed by atoms with Gasteiger partial charge in [-0.2, -0.15) is 0 Å². The molecule has 2 heterocycles. The summed E-state index contributed by atoms with van der Waals surface area (Å²) in [5, 5.41) is 6.79. The monoisotopic (exact) mass is 340 g/mol. The third-order valence-corrected chi connectivity index (χ3v) is 5.56. The molecular weight excluding hydrogens is 320 g/mol. The third kappa shape index (κ3) is 3.70. The lowest BCUT2D eigenvalue weighted by atomic mass is 10.0. The van der Waals surface area contributed by atoms with E-state index in [-0.39, 0.29) is 24.2 Å². The van der Waals surface area contributed by atoms with Crippen molar-refractivity contribution in [3.05, 3.63) is 28.8 Å². The van der Waals surface area contributed by atoms with Crippen LogP contribution in [-0.2, 0) is 4.74 Å². The lowest BCUT2D eigenvalue weighted by Crippen LogP contribution is -2.47. The fourth-order valence-corrected chi connectivity index (χ4v) is 4.30. The minimum Gasteiger partial charge on any atom is -0.376 e. The second kappa shape index (κ2) is 7.11. The van der Waals surface area contributed by atoms with Crippen molar-refractivity contribution in [2.24, 2.45) is 0 Å². The zero-order valence-electron chi connectivity index (χ0n) is 12.6. The molecule has 1 saturated heterocycles. The van der Waals surface area contributed by atoms with Gasteiger partial charge in [-0.25, -0.2) is 4.79 Å². The molecule has 3 atom stereocenters. The van der Waals surface area contributed by atoms with Gasteiger partial charge in [-0.05, 0) is 49.9 Å². The van der Waals surface area contributed by atoms with Gasteiger partial charge in [-0.1, -0.05) is 11.6 Å². The van der Waals surface area contributed by atoms with Crippen LogP contribution in [0.25, 0.3) is 0 Å². The summed E-state index contributed by atoms with van der Waals surface area (Å²) in [6.45, 7) is 2.79. The Balaban J connectivity index is 1.61. The van der Waals surface area contributed by atoms with Gasteiger partial charge in [0.25, 0.3) is 0 Å². The minimum absolute atomic E-state index is 0.0200. The number of rotatable bonds is 3. The standard InChI is InChI=1S/C16H21ClN2O2S/c1-10(14-3-2-7-21-14)18-16(20)19-13-6-8-22-15-5-4-11(17)9-12(13)15/h4-5,9-10,13-14H,2-3,6-8H2,1H3,(H2,18,19,20). The Morgan fingerprint density at radius 3 is 3.09 bits per heavy atom. The van der Waals surface area contributed by atoms with Crippen LogP contribution < -0.4 is 10.6 Å². The zero-order valence-corrected chi connectivity index (χ0v) is 14.2. The molecule has 3 unspecified atom stereocenters. The summed E-state index contributed by atoms with van der Waals surface area (Å²) < 4.78 is 5.61. The summed E-state index contributed by atoms with van der Waals surface area (Å²) in [6, 6.07) is 5.80. The maximum atomic E-state index is 12.3. The van der Waals surface area contributed by atoms with Gasteiger partial charge in [0.15, 0.2) is 0 Å². The molecule has 2 aliphatic rings.